The Morgan fingerprint density at radius 2 is 1.79 bits per heavy atom. The van der Waals surface area contributed by atoms with E-state index in [4.69, 9.17) is 0 Å². The van der Waals surface area contributed by atoms with E-state index in [0.29, 0.717) is 12.5 Å². The van der Waals surface area contributed by atoms with Crippen LogP contribution in [0.25, 0.3) is 0 Å². The van der Waals surface area contributed by atoms with Crippen molar-refractivity contribution in [3.05, 3.63) is 0 Å². The molecule has 0 aliphatic rings. The predicted octanol–water partition coefficient (Wildman–Crippen LogP) is 2.70. The van der Waals surface area contributed by atoms with Crippen molar-refractivity contribution in [1.82, 2.24) is 15.4 Å². The van der Waals surface area contributed by atoms with Crippen LogP contribution >= 0.6 is 24.0 Å². The largest absolute Gasteiger partial charge is 0.357 e. The number of aliphatic imine (C=N–C) groups is 1. The van der Waals surface area contributed by atoms with Gasteiger partial charge in [-0.3, -0.25) is 4.99 Å². The van der Waals surface area contributed by atoms with Gasteiger partial charge in [0.2, 0.25) is 10.0 Å². The molecule has 0 radical (unpaired) electrons. The van der Waals surface area contributed by atoms with Crippen LogP contribution in [0.5, 0.6) is 0 Å². The molecule has 24 heavy (non-hydrogen) atoms. The van der Waals surface area contributed by atoms with E-state index < -0.39 is 15.6 Å². The summed E-state index contributed by atoms with van der Waals surface area (Å²) in [6.45, 7) is 12.1. The molecular weight excluding hydrogens is 439 g/mol. The molecule has 1 atom stereocenters. The smallest absolute Gasteiger partial charge is 0.209 e. The number of unbranched alkanes of at least 4 members (excludes halogenated alkanes) is 1. The number of hydrogen-bond acceptors (Lipinski definition) is 3. The van der Waals surface area contributed by atoms with E-state index in [1.807, 2.05) is 20.8 Å². The number of nitrogens with one attached hydrogen (secondary N) is 3. The predicted molar refractivity (Wildman–Crippen MR) is 115 cm³/mol. The first kappa shape index (κ1) is 26.1. The maximum absolute atomic E-state index is 11.4. The molecule has 146 valence electrons. The molecule has 0 saturated heterocycles. The summed E-state index contributed by atoms with van der Waals surface area (Å²) in [5, 5.41) is 6.59. The van der Waals surface area contributed by atoms with Gasteiger partial charge in [-0.25, -0.2) is 13.1 Å². The molecule has 0 aromatic carbocycles. The van der Waals surface area contributed by atoms with Crippen LogP contribution < -0.4 is 15.4 Å². The van der Waals surface area contributed by atoms with Gasteiger partial charge in [-0.05, 0) is 33.1 Å². The topological polar surface area (TPSA) is 82.6 Å². The molecule has 0 aliphatic heterocycles. The highest BCUT2D eigenvalue weighted by Crippen LogP contribution is 2.11. The Morgan fingerprint density at radius 1 is 1.17 bits per heavy atom. The molecule has 0 aliphatic carbocycles. The van der Waals surface area contributed by atoms with Gasteiger partial charge in [0.1, 0.15) is 0 Å². The molecule has 0 saturated carbocycles. The van der Waals surface area contributed by atoms with Crippen LogP contribution in [0.15, 0.2) is 4.99 Å². The lowest BCUT2D eigenvalue weighted by Gasteiger charge is -2.24. The zero-order valence-corrected chi connectivity index (χ0v) is 19.3. The van der Waals surface area contributed by atoms with E-state index >= 15 is 0 Å². The van der Waals surface area contributed by atoms with Gasteiger partial charge < -0.3 is 10.6 Å². The van der Waals surface area contributed by atoms with Crippen molar-refractivity contribution in [3.8, 4) is 0 Å². The Hall–Kier alpha value is -0.0900. The Kier molecular flexibility index (Phi) is 14.3. The monoisotopic (exact) mass is 476 g/mol. The van der Waals surface area contributed by atoms with Crippen molar-refractivity contribution in [2.75, 3.05) is 25.9 Å². The van der Waals surface area contributed by atoms with E-state index in [1.54, 1.807) is 0 Å². The van der Waals surface area contributed by atoms with Crippen LogP contribution in [0.2, 0.25) is 0 Å². The quantitative estimate of drug-likeness (QED) is 0.243. The molecule has 8 heteroatoms. The van der Waals surface area contributed by atoms with Crippen molar-refractivity contribution in [2.45, 2.75) is 65.8 Å². The van der Waals surface area contributed by atoms with Crippen molar-refractivity contribution in [1.29, 1.82) is 0 Å². The number of rotatable bonds is 11. The molecule has 0 fully saturated rings. The number of guanidine groups is 1. The van der Waals surface area contributed by atoms with Gasteiger partial charge in [-0.2, -0.15) is 0 Å². The SMILES string of the molecule is CCCCC(CC)CNC(=NCC(C)(C)NS(C)(=O)=O)NCC.I. The van der Waals surface area contributed by atoms with Gasteiger partial charge >= 0.3 is 0 Å². The van der Waals surface area contributed by atoms with Crippen LogP contribution in [-0.4, -0.2) is 45.8 Å². The second-order valence-corrected chi connectivity index (χ2v) is 8.50. The van der Waals surface area contributed by atoms with Crippen LogP contribution in [0, 0.1) is 5.92 Å². The number of halogens is 1. The second kappa shape index (κ2) is 13.2. The first-order valence-corrected chi connectivity index (χ1v) is 10.5. The van der Waals surface area contributed by atoms with Crippen LogP contribution in [0.4, 0.5) is 0 Å². The summed E-state index contributed by atoms with van der Waals surface area (Å²) < 4.78 is 25.4. The Labute approximate surface area is 166 Å². The average Bonchev–Trinajstić information content (AvgIpc) is 2.42. The minimum Gasteiger partial charge on any atom is -0.357 e. The number of hydrogen-bond donors (Lipinski definition) is 3. The summed E-state index contributed by atoms with van der Waals surface area (Å²) in [5.41, 5.74) is -0.609. The molecule has 0 aromatic rings. The lowest BCUT2D eigenvalue weighted by Crippen LogP contribution is -2.47. The summed E-state index contributed by atoms with van der Waals surface area (Å²) in [4.78, 5) is 4.52. The number of sulfonamides is 1. The Morgan fingerprint density at radius 3 is 2.25 bits per heavy atom. The molecule has 0 aromatic heterocycles. The highest BCUT2D eigenvalue weighted by Gasteiger charge is 2.22. The van der Waals surface area contributed by atoms with Gasteiger partial charge in [0.25, 0.3) is 0 Å². The third-order valence-corrected chi connectivity index (χ3v) is 4.46. The molecule has 0 rings (SSSR count). The number of nitrogens with zero attached hydrogens (tertiary/aromatic N) is 1. The van der Waals surface area contributed by atoms with Gasteiger partial charge in [0.15, 0.2) is 5.96 Å². The van der Waals surface area contributed by atoms with Crippen molar-refractivity contribution in [3.63, 3.8) is 0 Å². The minimum atomic E-state index is -3.24. The molecule has 0 bridgehead atoms. The zero-order valence-electron chi connectivity index (χ0n) is 16.1. The van der Waals surface area contributed by atoms with Crippen LogP contribution in [-0.2, 0) is 10.0 Å². The van der Waals surface area contributed by atoms with E-state index in [2.05, 4.69) is 34.2 Å². The first-order valence-electron chi connectivity index (χ1n) is 8.64. The van der Waals surface area contributed by atoms with Crippen LogP contribution in [0.1, 0.15) is 60.3 Å². The highest BCUT2D eigenvalue weighted by molar-refractivity contribution is 14.0. The van der Waals surface area contributed by atoms with E-state index in [0.717, 1.165) is 25.5 Å². The second-order valence-electron chi connectivity index (χ2n) is 6.75. The summed E-state index contributed by atoms with van der Waals surface area (Å²) in [6.07, 6.45) is 6.00. The first-order chi connectivity index (χ1) is 10.6. The lowest BCUT2D eigenvalue weighted by atomic mass is 9.99. The maximum atomic E-state index is 11.4. The Bertz CT molecular complexity index is 453. The van der Waals surface area contributed by atoms with Gasteiger partial charge in [-0.15, -0.1) is 24.0 Å². The minimum absolute atomic E-state index is 0. The summed E-state index contributed by atoms with van der Waals surface area (Å²) in [7, 11) is -3.24. The van der Waals surface area contributed by atoms with E-state index in [9.17, 15) is 8.42 Å². The van der Waals surface area contributed by atoms with Crippen LogP contribution in [0.3, 0.4) is 0 Å². The molecule has 6 nitrogen and oxygen atoms in total. The third kappa shape index (κ3) is 14.3. The van der Waals surface area contributed by atoms with Crippen molar-refractivity contribution in [2.24, 2.45) is 10.9 Å². The molecule has 1 unspecified atom stereocenters. The van der Waals surface area contributed by atoms with Crippen molar-refractivity contribution < 1.29 is 8.42 Å². The molecule has 0 spiro atoms. The molecule has 0 amide bonds. The normalized spacial score (nSPS) is 14.0. The third-order valence-electron chi connectivity index (χ3n) is 3.54. The Balaban J connectivity index is 0. The van der Waals surface area contributed by atoms with Gasteiger partial charge in [0.05, 0.1) is 12.8 Å². The summed E-state index contributed by atoms with van der Waals surface area (Å²) >= 11 is 0. The van der Waals surface area contributed by atoms with E-state index in [1.165, 1.54) is 25.5 Å². The zero-order chi connectivity index (χ0) is 17.9. The molecule has 3 N–H and O–H groups in total. The molecule has 0 heterocycles. The lowest BCUT2D eigenvalue weighted by molar-refractivity contribution is 0.441. The standard InChI is InChI=1S/C16H36N4O2S.HI/c1-7-10-11-14(8-2)12-18-15(17-9-3)19-13-16(4,5)20-23(6,21)22;/h14,20H,7-13H2,1-6H3,(H2,17,18,19);1H. The maximum Gasteiger partial charge on any atom is 0.209 e. The fraction of sp³-hybridized carbons (Fsp3) is 0.938. The summed E-state index contributed by atoms with van der Waals surface area (Å²) in [5.74, 6) is 1.38. The van der Waals surface area contributed by atoms with E-state index in [-0.39, 0.29) is 24.0 Å². The highest BCUT2D eigenvalue weighted by atomic mass is 127. The van der Waals surface area contributed by atoms with Crippen molar-refractivity contribution >= 4 is 40.0 Å². The fourth-order valence-electron chi connectivity index (χ4n) is 2.34. The average molecular weight is 476 g/mol. The summed E-state index contributed by atoms with van der Waals surface area (Å²) in [6, 6.07) is 0. The molecular formula is C16H37IN4O2S. The van der Waals surface area contributed by atoms with Gasteiger partial charge in [-0.1, -0.05) is 33.1 Å². The van der Waals surface area contributed by atoms with Gasteiger partial charge in [0, 0.05) is 18.6 Å². The fourth-order valence-corrected chi connectivity index (χ4v) is 3.41.